The van der Waals surface area contributed by atoms with Crippen LogP contribution >= 0.6 is 11.8 Å². The molecule has 6 fully saturated rings. The second-order valence-electron chi connectivity index (χ2n) is 26.1. The SMILES string of the molecule is CC1(C)CCC(CN2CCN(c3ccc(C(=O)NS(=O)(=O)c4ccc(N[C@H](CCN5CCN(C(=O)CCCNc6cccc7c6C(=O)N(C6CCC(=O)NC6=O)C7=O)CC5)CSc5ccccc5)c(S(=O)(=O)C(F)(F)F)c4)cc3)CC2)=C(C23CC(C)(C2)C3)C1. The Bertz CT molecular complexity index is 3680. The number of amides is 6. The Morgan fingerprint density at radius 3 is 2.16 bits per heavy atom. The van der Waals surface area contributed by atoms with Crippen LogP contribution in [0.4, 0.5) is 30.2 Å². The van der Waals surface area contributed by atoms with Crippen molar-refractivity contribution in [3.05, 3.63) is 119 Å². The fraction of sp³-hybridized carbons (Fsp3) is 0.500. The maximum Gasteiger partial charge on any atom is 0.501 e. The molecule has 3 saturated carbocycles. The van der Waals surface area contributed by atoms with Gasteiger partial charge in [-0.2, -0.15) is 13.2 Å². The fourth-order valence-electron chi connectivity index (χ4n) is 14.3. The summed E-state index contributed by atoms with van der Waals surface area (Å²) < 4.78 is 99.8. The number of alkyl halides is 3. The van der Waals surface area contributed by atoms with Gasteiger partial charge < -0.3 is 20.4 Å². The van der Waals surface area contributed by atoms with Crippen molar-refractivity contribution < 1.29 is 58.8 Å². The number of carbonyl (C=O) groups is 6. The smallest absolute Gasteiger partial charge is 0.384 e. The summed E-state index contributed by atoms with van der Waals surface area (Å²) in [4.78, 5) is 86.1. The van der Waals surface area contributed by atoms with Crippen LogP contribution in [0.1, 0.15) is 122 Å². The molecule has 4 aliphatic heterocycles. The minimum Gasteiger partial charge on any atom is -0.384 e. The average molecular weight is 1280 g/mol. The summed E-state index contributed by atoms with van der Waals surface area (Å²) in [5, 5.41) is 8.35. The number of hydrogen-bond donors (Lipinski definition) is 4. The van der Waals surface area contributed by atoms with Gasteiger partial charge in [0.1, 0.15) is 10.9 Å². The van der Waals surface area contributed by atoms with Crippen LogP contribution in [0.3, 0.4) is 0 Å². The molecular formula is C64H76F3N9O10S3. The molecule has 4 aromatic carbocycles. The standard InChI is InChI=1S/C64H76F3N9O10S3/c1-61(2)24-22-43(49(36-61)63-39-62(3,40-63)41-63)37-73-29-31-74(32-30-73)45-16-14-42(15-17-45)57(79)71-89(85,86)47-18-19-50(53(35-47)88(83,84)64(65,66)67)69-44(38-87-46-9-5-4-6-10-46)23-26-72-27-33-75(34-28-72)55(78)13-8-25-68-51-12-7-11-48-56(51)60(82)76(59(48)81)52-20-21-54(77)70-58(52)80/h4-7,9-12,14-19,35,44,52,68-69H,8,13,20-34,36-41H2,1-3H3,(H,71,79)(H,70,77,80)/t44-,52?,62?,63?/m1/s1. The van der Waals surface area contributed by atoms with Crippen molar-refractivity contribution in [3.8, 4) is 0 Å². The first-order chi connectivity index (χ1) is 42.2. The molecule has 1 unspecified atom stereocenters. The van der Waals surface area contributed by atoms with Gasteiger partial charge in [-0.3, -0.25) is 48.8 Å². The summed E-state index contributed by atoms with van der Waals surface area (Å²) >= 11 is 1.39. The number of halogens is 3. The van der Waals surface area contributed by atoms with Crippen molar-refractivity contribution in [2.75, 3.05) is 93.3 Å². The summed E-state index contributed by atoms with van der Waals surface area (Å²) in [6.07, 6.45) is 8.34. The number of imide groups is 2. The first-order valence-electron chi connectivity index (χ1n) is 30.5. The molecule has 19 nitrogen and oxygen atoms in total. The molecule has 4 aromatic rings. The van der Waals surface area contributed by atoms with E-state index in [-0.39, 0.29) is 54.2 Å². The van der Waals surface area contributed by atoms with Crippen LogP contribution in [0.25, 0.3) is 0 Å². The number of sulfonamides is 1. The lowest BCUT2D eigenvalue weighted by Crippen LogP contribution is -2.61. The summed E-state index contributed by atoms with van der Waals surface area (Å²) in [5.41, 5.74) is -0.200. The van der Waals surface area contributed by atoms with Gasteiger partial charge in [0.25, 0.3) is 37.6 Å². The molecule has 25 heteroatoms. The minimum absolute atomic E-state index is 0.00721. The fourth-order valence-corrected chi connectivity index (χ4v) is 17.3. The average Bonchev–Trinajstić information content (AvgIpc) is 1.17. The van der Waals surface area contributed by atoms with E-state index in [1.807, 2.05) is 35.1 Å². The van der Waals surface area contributed by atoms with E-state index in [9.17, 15) is 58.8 Å². The van der Waals surface area contributed by atoms with Crippen molar-refractivity contribution in [3.63, 3.8) is 0 Å². The Hall–Kier alpha value is -6.80. The number of nitrogens with one attached hydrogen (secondary N) is 4. The first kappa shape index (κ1) is 63.8. The van der Waals surface area contributed by atoms with E-state index in [1.54, 1.807) is 40.3 Å². The van der Waals surface area contributed by atoms with Gasteiger partial charge in [0, 0.05) is 118 Å². The van der Waals surface area contributed by atoms with E-state index >= 15 is 0 Å². The van der Waals surface area contributed by atoms with Crippen molar-refractivity contribution in [1.82, 2.24) is 29.6 Å². The highest BCUT2D eigenvalue weighted by Crippen LogP contribution is 2.77. The topological polar surface area (TPSA) is 235 Å². The summed E-state index contributed by atoms with van der Waals surface area (Å²) in [7, 11) is -11.1. The van der Waals surface area contributed by atoms with Crippen LogP contribution in [-0.2, 0) is 34.2 Å². The Kier molecular flexibility index (Phi) is 18.0. The quantitative estimate of drug-likeness (QED) is 0.0251. The van der Waals surface area contributed by atoms with E-state index in [0.717, 1.165) is 66.8 Å². The van der Waals surface area contributed by atoms with E-state index in [1.165, 1.54) is 62.1 Å². The van der Waals surface area contributed by atoms with Crippen LogP contribution in [0.15, 0.2) is 117 Å². The van der Waals surface area contributed by atoms with Crippen molar-refractivity contribution in [2.45, 2.75) is 124 Å². The molecule has 2 bridgehead atoms. The number of nitrogens with zero attached hydrogens (tertiary/aromatic N) is 5. The second-order valence-corrected chi connectivity index (χ2v) is 30.8. The third kappa shape index (κ3) is 13.6. The van der Waals surface area contributed by atoms with Crippen LogP contribution in [0, 0.1) is 16.2 Å². The van der Waals surface area contributed by atoms with Crippen molar-refractivity contribution >= 4 is 84.1 Å². The molecule has 4 heterocycles. The lowest BCUT2D eigenvalue weighted by Gasteiger charge is -2.72. The third-order valence-corrected chi connectivity index (χ3v) is 22.9. The molecule has 2 atom stereocenters. The molecular weight excluding hydrogens is 1210 g/mol. The highest BCUT2D eigenvalue weighted by molar-refractivity contribution is 7.99. The number of piperazine rings is 2. The van der Waals surface area contributed by atoms with Crippen molar-refractivity contribution in [1.29, 1.82) is 0 Å². The van der Waals surface area contributed by atoms with E-state index < -0.39 is 82.5 Å². The van der Waals surface area contributed by atoms with Gasteiger partial charge in [0.2, 0.25) is 17.7 Å². The van der Waals surface area contributed by atoms with Gasteiger partial charge in [-0.25, -0.2) is 21.6 Å². The molecule has 4 aliphatic carbocycles. The minimum atomic E-state index is -6.17. The maximum atomic E-state index is 14.5. The predicted molar refractivity (Wildman–Crippen MR) is 332 cm³/mol. The number of allylic oxidation sites excluding steroid dienone is 1. The predicted octanol–water partition coefficient (Wildman–Crippen LogP) is 8.32. The number of sulfone groups is 1. The number of anilines is 3. The van der Waals surface area contributed by atoms with Gasteiger partial charge in [-0.15, -0.1) is 11.8 Å². The lowest BCUT2D eigenvalue weighted by atomic mass is 9.33. The normalized spacial score (nSPS) is 23.5. The zero-order valence-corrected chi connectivity index (χ0v) is 52.7. The molecule has 476 valence electrons. The second kappa shape index (κ2) is 25.1. The highest BCUT2D eigenvalue weighted by atomic mass is 32.2. The van der Waals surface area contributed by atoms with Crippen LogP contribution < -0.4 is 25.6 Å². The lowest BCUT2D eigenvalue weighted by molar-refractivity contribution is -0.167. The van der Waals surface area contributed by atoms with Gasteiger partial charge in [-0.1, -0.05) is 56.2 Å². The Labute approximate surface area is 521 Å². The van der Waals surface area contributed by atoms with E-state index in [2.05, 4.69) is 51.4 Å². The largest absolute Gasteiger partial charge is 0.501 e. The number of benzene rings is 4. The highest BCUT2D eigenvalue weighted by Gasteiger charge is 2.67. The molecule has 6 amide bonds. The Morgan fingerprint density at radius 1 is 0.787 bits per heavy atom. The zero-order chi connectivity index (χ0) is 63.3. The maximum absolute atomic E-state index is 14.5. The Balaban J connectivity index is 0.685. The molecule has 0 spiro atoms. The zero-order valence-electron chi connectivity index (χ0n) is 50.3. The molecule has 4 N–H and O–H groups in total. The van der Waals surface area contributed by atoms with Crippen LogP contribution in [0.2, 0.25) is 0 Å². The van der Waals surface area contributed by atoms with Gasteiger partial charge in [0.15, 0.2) is 0 Å². The van der Waals surface area contributed by atoms with Crippen LogP contribution in [0.5, 0.6) is 0 Å². The monoisotopic (exact) mass is 1280 g/mol. The number of thioether (sulfide) groups is 1. The van der Waals surface area contributed by atoms with E-state index in [4.69, 9.17) is 0 Å². The number of hydrogen-bond acceptors (Lipinski definition) is 16. The number of rotatable bonds is 22. The Morgan fingerprint density at radius 2 is 1.48 bits per heavy atom. The molecule has 0 aromatic heterocycles. The van der Waals surface area contributed by atoms with Gasteiger partial charge in [0.05, 0.1) is 21.7 Å². The summed E-state index contributed by atoms with van der Waals surface area (Å²) in [6.45, 7) is 13.8. The molecule has 3 saturated heterocycles. The molecule has 89 heavy (non-hydrogen) atoms. The molecule has 0 radical (unpaired) electrons. The summed E-state index contributed by atoms with van der Waals surface area (Å²) in [5.74, 6) is -3.36. The van der Waals surface area contributed by atoms with Crippen LogP contribution in [-0.4, -0.2) is 167 Å². The van der Waals surface area contributed by atoms with E-state index in [0.29, 0.717) is 73.6 Å². The molecule has 12 rings (SSSR count). The summed E-state index contributed by atoms with van der Waals surface area (Å²) in [6, 6.07) is 21.0. The number of carbonyl (C=O) groups excluding carboxylic acids is 6. The first-order valence-corrected chi connectivity index (χ1v) is 34.5. The number of piperidine rings is 1. The van der Waals surface area contributed by atoms with Gasteiger partial charge >= 0.3 is 5.51 Å². The molecule has 8 aliphatic rings. The third-order valence-electron chi connectivity index (χ3n) is 18.9. The van der Waals surface area contributed by atoms with Gasteiger partial charge in [-0.05, 0) is 141 Å². The van der Waals surface area contributed by atoms with Crippen molar-refractivity contribution in [2.24, 2.45) is 16.2 Å². The number of fused-ring (bicyclic) bond motifs is 1.